The Balaban J connectivity index is 3.88. The number of carbonyl (C=O) groups excluding carboxylic acids is 1. The summed E-state index contributed by atoms with van der Waals surface area (Å²) in [5, 5.41) is 8.82. The van der Waals surface area contributed by atoms with Gasteiger partial charge in [0.15, 0.2) is 0 Å². The van der Waals surface area contributed by atoms with Crippen LogP contribution in [0, 0.1) is 0 Å². The van der Waals surface area contributed by atoms with Crippen LogP contribution in [0.5, 0.6) is 0 Å². The van der Waals surface area contributed by atoms with Crippen LogP contribution in [-0.2, 0) is 14.3 Å². The zero-order valence-corrected chi connectivity index (χ0v) is 35.7. The van der Waals surface area contributed by atoms with E-state index in [2.05, 4.69) is 13.8 Å². The highest BCUT2D eigenvalue weighted by Crippen LogP contribution is 2.20. The predicted octanol–water partition coefficient (Wildman–Crippen LogP) is 16.8. The SMILES string of the molecule is CCCCCCCCCCCCCCCCCCCCCCCC(=O)OC(CCCCCCCCCCCCCC)CCCCCCCCC(=O)O. The molecule has 1 N–H and O–H groups in total. The molecule has 0 aliphatic carbocycles. The van der Waals surface area contributed by atoms with E-state index in [1.807, 2.05) is 0 Å². The van der Waals surface area contributed by atoms with Crippen molar-refractivity contribution in [1.29, 1.82) is 0 Å². The van der Waals surface area contributed by atoms with Crippen LogP contribution in [0.25, 0.3) is 0 Å². The van der Waals surface area contributed by atoms with Crippen LogP contribution in [0.4, 0.5) is 0 Å². The third kappa shape index (κ3) is 43.3. The molecule has 4 nitrogen and oxygen atoms in total. The largest absolute Gasteiger partial charge is 0.481 e. The Hall–Kier alpha value is -1.06. The van der Waals surface area contributed by atoms with E-state index >= 15 is 0 Å². The van der Waals surface area contributed by atoms with Crippen LogP contribution in [0.1, 0.15) is 290 Å². The van der Waals surface area contributed by atoms with Crippen molar-refractivity contribution in [3.05, 3.63) is 0 Å². The number of aliphatic carboxylic acids is 1. The van der Waals surface area contributed by atoms with Crippen molar-refractivity contribution in [2.24, 2.45) is 0 Å². The van der Waals surface area contributed by atoms with E-state index in [0.29, 0.717) is 6.42 Å². The number of carboxylic acid groups (broad SMARTS) is 1. The highest BCUT2D eigenvalue weighted by Gasteiger charge is 2.14. The first-order valence-corrected chi connectivity index (χ1v) is 24.0. The third-order valence-corrected chi connectivity index (χ3v) is 11.3. The van der Waals surface area contributed by atoms with Gasteiger partial charge in [0, 0.05) is 12.8 Å². The fraction of sp³-hybridized carbons (Fsp3) is 0.958. The Labute approximate surface area is 326 Å². The van der Waals surface area contributed by atoms with Crippen LogP contribution in [-0.4, -0.2) is 23.1 Å². The average Bonchev–Trinajstić information content (AvgIpc) is 3.13. The fourth-order valence-corrected chi connectivity index (χ4v) is 7.78. The minimum Gasteiger partial charge on any atom is -0.481 e. The van der Waals surface area contributed by atoms with Gasteiger partial charge in [-0.3, -0.25) is 9.59 Å². The summed E-state index contributed by atoms with van der Waals surface area (Å²) in [7, 11) is 0. The number of esters is 1. The molecule has 0 saturated heterocycles. The highest BCUT2D eigenvalue weighted by molar-refractivity contribution is 5.69. The van der Waals surface area contributed by atoms with Gasteiger partial charge in [-0.05, 0) is 38.5 Å². The summed E-state index contributed by atoms with van der Waals surface area (Å²) >= 11 is 0. The van der Waals surface area contributed by atoms with Crippen molar-refractivity contribution in [2.75, 3.05) is 0 Å². The first-order valence-electron chi connectivity index (χ1n) is 24.0. The Morgan fingerprint density at radius 1 is 0.346 bits per heavy atom. The number of hydrogen-bond acceptors (Lipinski definition) is 3. The summed E-state index contributed by atoms with van der Waals surface area (Å²) in [6, 6.07) is 0. The van der Waals surface area contributed by atoms with Gasteiger partial charge < -0.3 is 9.84 Å². The molecule has 0 bridgehead atoms. The molecule has 1 unspecified atom stereocenters. The van der Waals surface area contributed by atoms with Gasteiger partial charge in [-0.1, -0.05) is 239 Å². The van der Waals surface area contributed by atoms with Crippen LogP contribution >= 0.6 is 0 Å². The van der Waals surface area contributed by atoms with E-state index in [1.54, 1.807) is 0 Å². The van der Waals surface area contributed by atoms with E-state index in [0.717, 1.165) is 64.2 Å². The molecule has 0 heterocycles. The zero-order valence-electron chi connectivity index (χ0n) is 35.7. The van der Waals surface area contributed by atoms with Crippen molar-refractivity contribution in [3.8, 4) is 0 Å². The molecule has 0 saturated carbocycles. The van der Waals surface area contributed by atoms with E-state index in [4.69, 9.17) is 9.84 Å². The molecule has 0 aliphatic heterocycles. The van der Waals surface area contributed by atoms with Gasteiger partial charge in [0.05, 0.1) is 0 Å². The summed E-state index contributed by atoms with van der Waals surface area (Å²) in [6.07, 6.45) is 54.4. The summed E-state index contributed by atoms with van der Waals surface area (Å²) in [4.78, 5) is 23.5. The highest BCUT2D eigenvalue weighted by atomic mass is 16.5. The predicted molar refractivity (Wildman–Crippen MR) is 227 cm³/mol. The lowest BCUT2D eigenvalue weighted by atomic mass is 10.0. The molecule has 0 aromatic carbocycles. The number of carboxylic acids is 1. The van der Waals surface area contributed by atoms with Crippen molar-refractivity contribution in [1.82, 2.24) is 0 Å². The van der Waals surface area contributed by atoms with Gasteiger partial charge in [0.25, 0.3) is 0 Å². The lowest BCUT2D eigenvalue weighted by Gasteiger charge is -2.18. The molecule has 0 rings (SSSR count). The van der Waals surface area contributed by atoms with Gasteiger partial charge in [-0.2, -0.15) is 0 Å². The number of rotatable bonds is 45. The average molecular weight is 735 g/mol. The molecule has 0 amide bonds. The lowest BCUT2D eigenvalue weighted by molar-refractivity contribution is -0.150. The molecule has 0 aliphatic rings. The maximum absolute atomic E-state index is 12.8. The number of unbranched alkanes of at least 4 members (excludes halogenated alkanes) is 36. The molecular formula is C48H94O4. The summed E-state index contributed by atoms with van der Waals surface area (Å²) in [6.45, 7) is 4.58. The van der Waals surface area contributed by atoms with E-state index in [9.17, 15) is 9.59 Å². The van der Waals surface area contributed by atoms with Crippen LogP contribution in [0.3, 0.4) is 0 Å². The van der Waals surface area contributed by atoms with E-state index in [1.165, 1.54) is 199 Å². The number of carbonyl (C=O) groups is 2. The van der Waals surface area contributed by atoms with E-state index < -0.39 is 5.97 Å². The molecule has 0 aromatic rings. The molecule has 52 heavy (non-hydrogen) atoms. The van der Waals surface area contributed by atoms with Crippen molar-refractivity contribution in [2.45, 2.75) is 296 Å². The maximum Gasteiger partial charge on any atom is 0.306 e. The minimum absolute atomic E-state index is 0.0235. The van der Waals surface area contributed by atoms with Gasteiger partial charge in [-0.15, -0.1) is 0 Å². The van der Waals surface area contributed by atoms with Crippen molar-refractivity contribution >= 4 is 11.9 Å². The first-order chi connectivity index (χ1) is 25.6. The molecule has 0 fully saturated rings. The summed E-state index contributed by atoms with van der Waals surface area (Å²) in [5.74, 6) is -0.663. The Morgan fingerprint density at radius 3 is 0.846 bits per heavy atom. The second-order valence-electron chi connectivity index (χ2n) is 16.7. The Bertz CT molecular complexity index is 706. The van der Waals surface area contributed by atoms with Crippen molar-refractivity contribution in [3.63, 3.8) is 0 Å². The normalized spacial score (nSPS) is 12.0. The second kappa shape index (κ2) is 44.3. The van der Waals surface area contributed by atoms with Crippen LogP contribution < -0.4 is 0 Å². The number of hydrogen-bond donors (Lipinski definition) is 1. The second-order valence-corrected chi connectivity index (χ2v) is 16.7. The van der Waals surface area contributed by atoms with Gasteiger partial charge >= 0.3 is 11.9 Å². The Kier molecular flexibility index (Phi) is 43.4. The Morgan fingerprint density at radius 2 is 0.577 bits per heavy atom. The molecule has 1 atom stereocenters. The molecule has 0 aromatic heterocycles. The lowest BCUT2D eigenvalue weighted by Crippen LogP contribution is -2.18. The maximum atomic E-state index is 12.8. The van der Waals surface area contributed by atoms with Crippen LogP contribution in [0.2, 0.25) is 0 Å². The minimum atomic E-state index is -0.687. The van der Waals surface area contributed by atoms with Crippen LogP contribution in [0.15, 0.2) is 0 Å². The quantitative estimate of drug-likeness (QED) is 0.0500. The molecule has 0 spiro atoms. The molecule has 310 valence electrons. The number of ether oxygens (including phenoxy) is 1. The standard InChI is InChI=1S/C48H94O4/c1-3-5-7-9-11-13-15-17-18-19-20-21-22-23-24-25-27-29-31-37-41-45-48(51)52-46(43-39-35-32-33-36-40-44-47(49)50)42-38-34-30-28-26-16-14-12-10-8-6-4-2/h46H,3-45H2,1-2H3,(H,49,50). The third-order valence-electron chi connectivity index (χ3n) is 11.3. The molecule has 0 radical (unpaired) electrons. The van der Waals surface area contributed by atoms with Gasteiger partial charge in [-0.25, -0.2) is 0 Å². The van der Waals surface area contributed by atoms with Gasteiger partial charge in [0.2, 0.25) is 0 Å². The molecular weight excluding hydrogens is 641 g/mol. The zero-order chi connectivity index (χ0) is 37.8. The van der Waals surface area contributed by atoms with Crippen molar-refractivity contribution < 1.29 is 19.4 Å². The first kappa shape index (κ1) is 50.9. The van der Waals surface area contributed by atoms with Gasteiger partial charge in [0.1, 0.15) is 6.10 Å². The summed E-state index contributed by atoms with van der Waals surface area (Å²) < 4.78 is 6.06. The smallest absolute Gasteiger partial charge is 0.306 e. The summed E-state index contributed by atoms with van der Waals surface area (Å²) in [5.41, 5.74) is 0. The monoisotopic (exact) mass is 735 g/mol. The molecule has 4 heteroatoms. The topological polar surface area (TPSA) is 63.6 Å². The fourth-order valence-electron chi connectivity index (χ4n) is 7.78. The van der Waals surface area contributed by atoms with E-state index in [-0.39, 0.29) is 18.5 Å².